The summed E-state index contributed by atoms with van der Waals surface area (Å²) in [5.41, 5.74) is 4.52. The lowest BCUT2D eigenvalue weighted by Crippen LogP contribution is -2.14. The molecule has 0 aliphatic carbocycles. The smallest absolute Gasteiger partial charge is 0.141 e. The van der Waals surface area contributed by atoms with Crippen molar-refractivity contribution >= 4 is 21.9 Å². The second kappa shape index (κ2) is 5.62. The first-order valence-corrected chi connectivity index (χ1v) is 8.26. The van der Waals surface area contributed by atoms with E-state index in [0.29, 0.717) is 5.92 Å². The van der Waals surface area contributed by atoms with E-state index in [-0.39, 0.29) is 6.04 Å². The molecule has 1 N–H and O–H groups in total. The van der Waals surface area contributed by atoms with Crippen LogP contribution in [0, 0.1) is 5.92 Å². The van der Waals surface area contributed by atoms with Gasteiger partial charge in [-0.1, -0.05) is 62.4 Å². The van der Waals surface area contributed by atoms with Crippen molar-refractivity contribution in [2.24, 2.45) is 5.92 Å². The molecule has 116 valence electrons. The Morgan fingerprint density at radius 1 is 1.00 bits per heavy atom. The Balaban J connectivity index is 1.94. The summed E-state index contributed by atoms with van der Waals surface area (Å²) in [4.78, 5) is 0. The maximum absolute atomic E-state index is 6.37. The van der Waals surface area contributed by atoms with Crippen molar-refractivity contribution < 1.29 is 4.42 Å². The van der Waals surface area contributed by atoms with Gasteiger partial charge in [-0.05, 0) is 30.2 Å². The van der Waals surface area contributed by atoms with E-state index in [0.717, 1.165) is 17.6 Å². The van der Waals surface area contributed by atoms with E-state index in [2.05, 4.69) is 67.7 Å². The molecule has 0 radical (unpaired) electrons. The zero-order chi connectivity index (χ0) is 15.8. The largest absolute Gasteiger partial charge is 0.455 e. The molecule has 2 heterocycles. The zero-order valence-electron chi connectivity index (χ0n) is 13.5. The van der Waals surface area contributed by atoms with Gasteiger partial charge in [-0.15, -0.1) is 0 Å². The number of para-hydroxylation sites is 2. The minimum atomic E-state index is 0.165. The Morgan fingerprint density at radius 3 is 2.52 bits per heavy atom. The topological polar surface area (TPSA) is 25.2 Å². The van der Waals surface area contributed by atoms with Crippen molar-refractivity contribution in [3.8, 4) is 0 Å². The molecule has 0 saturated heterocycles. The SMILES string of the molecule is CC(C)Cc1cccc2c1oc1c(C3C=CC=CN3)cccc12. The number of furan rings is 1. The molecule has 0 fully saturated rings. The summed E-state index contributed by atoms with van der Waals surface area (Å²) in [7, 11) is 0. The maximum atomic E-state index is 6.37. The summed E-state index contributed by atoms with van der Waals surface area (Å²) >= 11 is 0. The molecule has 2 aromatic carbocycles. The van der Waals surface area contributed by atoms with Gasteiger partial charge in [0, 0.05) is 16.3 Å². The summed E-state index contributed by atoms with van der Waals surface area (Å²) in [6.07, 6.45) is 9.27. The van der Waals surface area contributed by atoms with E-state index < -0.39 is 0 Å². The van der Waals surface area contributed by atoms with Crippen LogP contribution in [0.15, 0.2) is 65.2 Å². The van der Waals surface area contributed by atoms with Crippen molar-refractivity contribution in [2.45, 2.75) is 26.3 Å². The monoisotopic (exact) mass is 303 g/mol. The molecule has 2 heteroatoms. The highest BCUT2D eigenvalue weighted by molar-refractivity contribution is 6.07. The highest BCUT2D eigenvalue weighted by atomic mass is 16.3. The third-order valence-corrected chi connectivity index (χ3v) is 4.39. The predicted molar refractivity (Wildman–Crippen MR) is 96.4 cm³/mol. The third-order valence-electron chi connectivity index (χ3n) is 4.39. The molecule has 3 aromatic rings. The molecule has 0 bridgehead atoms. The standard InChI is InChI=1S/C21H21NO/c1-14(2)13-15-7-5-8-16-17-9-6-10-18(21(17)23-20(15)16)19-11-3-4-12-22-19/h3-12,14,19,22H,13H2,1-2H3. The Kier molecular flexibility index (Phi) is 3.45. The third kappa shape index (κ3) is 2.44. The Morgan fingerprint density at radius 2 is 1.78 bits per heavy atom. The van der Waals surface area contributed by atoms with Gasteiger partial charge in [-0.2, -0.15) is 0 Å². The number of rotatable bonds is 3. The van der Waals surface area contributed by atoms with Crippen molar-refractivity contribution in [1.29, 1.82) is 0 Å². The number of hydrogen-bond donors (Lipinski definition) is 1. The van der Waals surface area contributed by atoms with E-state index in [9.17, 15) is 0 Å². The van der Waals surface area contributed by atoms with E-state index in [4.69, 9.17) is 4.42 Å². The number of nitrogens with one attached hydrogen (secondary N) is 1. The van der Waals surface area contributed by atoms with E-state index in [1.165, 1.54) is 21.9 Å². The quantitative estimate of drug-likeness (QED) is 0.691. The molecule has 0 amide bonds. The van der Waals surface area contributed by atoms with Crippen LogP contribution in [0.4, 0.5) is 0 Å². The zero-order valence-corrected chi connectivity index (χ0v) is 13.5. The lowest BCUT2D eigenvalue weighted by molar-refractivity contribution is 0.617. The highest BCUT2D eigenvalue weighted by Gasteiger charge is 2.17. The number of benzene rings is 2. The molecule has 1 atom stereocenters. The number of dihydropyridines is 1. The van der Waals surface area contributed by atoms with Crippen molar-refractivity contribution in [3.63, 3.8) is 0 Å². The van der Waals surface area contributed by atoms with Crippen LogP contribution in [-0.2, 0) is 6.42 Å². The minimum absolute atomic E-state index is 0.165. The van der Waals surface area contributed by atoms with Gasteiger partial charge in [0.15, 0.2) is 0 Å². The van der Waals surface area contributed by atoms with Gasteiger partial charge < -0.3 is 9.73 Å². The molecule has 1 unspecified atom stereocenters. The van der Waals surface area contributed by atoms with Crippen LogP contribution < -0.4 is 5.32 Å². The average Bonchev–Trinajstić information content (AvgIpc) is 2.95. The second-order valence-corrected chi connectivity index (χ2v) is 6.61. The van der Waals surface area contributed by atoms with Crippen LogP contribution in [0.25, 0.3) is 21.9 Å². The fraction of sp³-hybridized carbons (Fsp3) is 0.238. The molecule has 1 aromatic heterocycles. The average molecular weight is 303 g/mol. The molecular weight excluding hydrogens is 282 g/mol. The van der Waals surface area contributed by atoms with Crippen LogP contribution in [0.3, 0.4) is 0 Å². The van der Waals surface area contributed by atoms with Crippen molar-refractivity contribution in [1.82, 2.24) is 5.32 Å². The molecule has 2 nitrogen and oxygen atoms in total. The van der Waals surface area contributed by atoms with Crippen LogP contribution >= 0.6 is 0 Å². The molecule has 1 aliphatic heterocycles. The number of fused-ring (bicyclic) bond motifs is 3. The summed E-state index contributed by atoms with van der Waals surface area (Å²) in [5, 5.41) is 5.81. The normalized spacial score (nSPS) is 17.3. The van der Waals surface area contributed by atoms with E-state index in [1.54, 1.807) is 0 Å². The van der Waals surface area contributed by atoms with E-state index in [1.807, 2.05) is 12.3 Å². The van der Waals surface area contributed by atoms with Gasteiger partial charge in [-0.25, -0.2) is 0 Å². The summed E-state index contributed by atoms with van der Waals surface area (Å²) < 4.78 is 6.37. The second-order valence-electron chi connectivity index (χ2n) is 6.61. The van der Waals surface area contributed by atoms with Crippen LogP contribution in [0.2, 0.25) is 0 Å². The van der Waals surface area contributed by atoms with Gasteiger partial charge >= 0.3 is 0 Å². The Labute approximate surface area is 136 Å². The van der Waals surface area contributed by atoms with Crippen molar-refractivity contribution in [3.05, 3.63) is 72.0 Å². The number of allylic oxidation sites excluding steroid dienone is 2. The van der Waals surface area contributed by atoms with Gasteiger partial charge in [0.25, 0.3) is 0 Å². The molecule has 1 aliphatic rings. The molecular formula is C21H21NO. The summed E-state index contributed by atoms with van der Waals surface area (Å²) in [6.45, 7) is 4.49. The van der Waals surface area contributed by atoms with Crippen molar-refractivity contribution in [2.75, 3.05) is 0 Å². The molecule has 0 spiro atoms. The molecule has 23 heavy (non-hydrogen) atoms. The first-order valence-electron chi connectivity index (χ1n) is 8.26. The number of hydrogen-bond acceptors (Lipinski definition) is 2. The first kappa shape index (κ1) is 14.1. The summed E-state index contributed by atoms with van der Waals surface area (Å²) in [6, 6.07) is 13.1. The fourth-order valence-corrected chi connectivity index (χ4v) is 3.38. The van der Waals surface area contributed by atoms with Gasteiger partial charge in [-0.3, -0.25) is 0 Å². The predicted octanol–water partition coefficient (Wildman–Crippen LogP) is 5.50. The lowest BCUT2D eigenvalue weighted by Gasteiger charge is -2.16. The maximum Gasteiger partial charge on any atom is 0.141 e. The lowest BCUT2D eigenvalue weighted by atomic mass is 9.99. The first-order chi connectivity index (χ1) is 11.2. The molecule has 0 saturated carbocycles. The van der Waals surface area contributed by atoms with Crippen LogP contribution in [0.1, 0.15) is 31.0 Å². The van der Waals surface area contributed by atoms with Crippen LogP contribution in [0.5, 0.6) is 0 Å². The van der Waals surface area contributed by atoms with Gasteiger partial charge in [0.05, 0.1) is 6.04 Å². The highest BCUT2D eigenvalue weighted by Crippen LogP contribution is 2.36. The summed E-state index contributed by atoms with van der Waals surface area (Å²) in [5.74, 6) is 0.612. The van der Waals surface area contributed by atoms with Gasteiger partial charge in [0.1, 0.15) is 11.2 Å². The van der Waals surface area contributed by atoms with Crippen LogP contribution in [-0.4, -0.2) is 0 Å². The molecule has 4 rings (SSSR count). The minimum Gasteiger partial charge on any atom is -0.455 e. The van der Waals surface area contributed by atoms with E-state index >= 15 is 0 Å². The van der Waals surface area contributed by atoms with Gasteiger partial charge in [0.2, 0.25) is 0 Å². The Bertz CT molecular complexity index is 914. The fourth-order valence-electron chi connectivity index (χ4n) is 3.38. The Hall–Kier alpha value is -2.48.